The fourth-order valence-corrected chi connectivity index (χ4v) is 4.22. The number of benzene rings is 2. The molecule has 1 fully saturated rings. The summed E-state index contributed by atoms with van der Waals surface area (Å²) in [5.74, 6) is 0.217. The summed E-state index contributed by atoms with van der Waals surface area (Å²) in [6, 6.07) is 11.4. The van der Waals surface area contributed by atoms with E-state index < -0.39 is 0 Å². The van der Waals surface area contributed by atoms with Crippen LogP contribution in [0.1, 0.15) is 24.0 Å². The molecule has 146 valence electrons. The van der Waals surface area contributed by atoms with Crippen molar-refractivity contribution in [3.05, 3.63) is 47.5 Å². The number of carbonyl (C=O) groups is 2. The summed E-state index contributed by atoms with van der Waals surface area (Å²) in [6.07, 6.45) is 1.97. The average molecular weight is 379 g/mol. The van der Waals surface area contributed by atoms with Crippen LogP contribution >= 0.6 is 0 Å². The molecule has 28 heavy (non-hydrogen) atoms. The third-order valence-corrected chi connectivity index (χ3v) is 5.65. The summed E-state index contributed by atoms with van der Waals surface area (Å²) in [7, 11) is 1.59. The van der Waals surface area contributed by atoms with Gasteiger partial charge in [-0.3, -0.25) is 9.59 Å². The fourth-order valence-electron chi connectivity index (χ4n) is 4.22. The number of methoxy groups -OCH3 is 1. The normalized spacial score (nSPS) is 18.9. The van der Waals surface area contributed by atoms with Crippen LogP contribution in [0.4, 0.5) is 17.1 Å². The van der Waals surface area contributed by atoms with E-state index in [2.05, 4.69) is 0 Å². The van der Waals surface area contributed by atoms with Crippen molar-refractivity contribution < 1.29 is 14.3 Å². The Morgan fingerprint density at radius 2 is 2.04 bits per heavy atom. The molecule has 6 heteroatoms. The first kappa shape index (κ1) is 18.3. The third kappa shape index (κ3) is 3.09. The molecule has 2 aromatic carbocycles. The average Bonchev–Trinajstić information content (AvgIpc) is 3.09. The van der Waals surface area contributed by atoms with E-state index in [1.54, 1.807) is 12.0 Å². The van der Waals surface area contributed by atoms with E-state index in [9.17, 15) is 9.59 Å². The van der Waals surface area contributed by atoms with Crippen LogP contribution in [0.5, 0.6) is 5.75 Å². The SMILES string of the molecule is COc1ccc(C)cc1N1CC(C(=O)N2CCCc3c(N)cccc32)CC1=O. The van der Waals surface area contributed by atoms with Gasteiger partial charge in [-0.2, -0.15) is 0 Å². The topological polar surface area (TPSA) is 75.9 Å². The molecular weight excluding hydrogens is 354 g/mol. The quantitative estimate of drug-likeness (QED) is 0.832. The standard InChI is InChI=1S/C22H25N3O3/c1-14-8-9-20(28-2)19(11-14)25-13-15(12-21(25)26)22(27)24-10-4-5-16-17(23)6-3-7-18(16)24/h3,6-9,11,15H,4-5,10,12-13,23H2,1-2H3. The van der Waals surface area contributed by atoms with Crippen LogP contribution in [0, 0.1) is 12.8 Å². The Morgan fingerprint density at radius 3 is 2.82 bits per heavy atom. The highest BCUT2D eigenvalue weighted by molar-refractivity contribution is 6.05. The van der Waals surface area contributed by atoms with Crippen molar-refractivity contribution >= 4 is 28.9 Å². The van der Waals surface area contributed by atoms with Gasteiger partial charge >= 0.3 is 0 Å². The number of fused-ring (bicyclic) bond motifs is 1. The number of nitrogen functional groups attached to an aromatic ring is 1. The number of anilines is 3. The molecule has 4 rings (SSSR count). The fraction of sp³-hybridized carbons (Fsp3) is 0.364. The number of rotatable bonds is 3. The van der Waals surface area contributed by atoms with Crippen LogP contribution in [-0.2, 0) is 16.0 Å². The Hall–Kier alpha value is -3.02. The lowest BCUT2D eigenvalue weighted by molar-refractivity contribution is -0.124. The number of nitrogens with zero attached hydrogens (tertiary/aromatic N) is 2. The Kier molecular flexibility index (Phi) is 4.71. The third-order valence-electron chi connectivity index (χ3n) is 5.65. The van der Waals surface area contributed by atoms with Crippen molar-refractivity contribution in [2.24, 2.45) is 5.92 Å². The molecule has 0 radical (unpaired) electrons. The van der Waals surface area contributed by atoms with E-state index in [-0.39, 0.29) is 24.2 Å². The van der Waals surface area contributed by atoms with Crippen LogP contribution in [0.3, 0.4) is 0 Å². The molecule has 0 aliphatic carbocycles. The second kappa shape index (κ2) is 7.19. The van der Waals surface area contributed by atoms with E-state index in [1.165, 1.54) is 0 Å². The van der Waals surface area contributed by atoms with Gasteiger partial charge in [-0.25, -0.2) is 0 Å². The van der Waals surface area contributed by atoms with Gasteiger partial charge in [0.25, 0.3) is 0 Å². The Bertz CT molecular complexity index is 941. The summed E-state index contributed by atoms with van der Waals surface area (Å²) in [4.78, 5) is 29.5. The number of nitrogens with two attached hydrogens (primary N) is 1. The minimum atomic E-state index is -0.370. The minimum absolute atomic E-state index is 0.00554. The smallest absolute Gasteiger partial charge is 0.232 e. The second-order valence-electron chi connectivity index (χ2n) is 7.52. The molecule has 1 saturated heterocycles. The van der Waals surface area contributed by atoms with E-state index >= 15 is 0 Å². The van der Waals surface area contributed by atoms with Gasteiger partial charge in [-0.05, 0) is 55.2 Å². The van der Waals surface area contributed by atoms with Crippen LogP contribution in [-0.4, -0.2) is 32.0 Å². The highest BCUT2D eigenvalue weighted by atomic mass is 16.5. The van der Waals surface area contributed by atoms with Crippen molar-refractivity contribution in [3.63, 3.8) is 0 Å². The first-order chi connectivity index (χ1) is 13.5. The Balaban J connectivity index is 1.60. The summed E-state index contributed by atoms with van der Waals surface area (Å²) in [5.41, 5.74) is 10.5. The summed E-state index contributed by atoms with van der Waals surface area (Å²) in [6.45, 7) is 3.00. The predicted octanol–water partition coefficient (Wildman–Crippen LogP) is 2.92. The number of hydrogen-bond donors (Lipinski definition) is 1. The molecule has 0 bridgehead atoms. The van der Waals surface area contributed by atoms with Crippen molar-refractivity contribution in [1.82, 2.24) is 0 Å². The maximum atomic E-state index is 13.3. The zero-order valence-corrected chi connectivity index (χ0v) is 16.3. The van der Waals surface area contributed by atoms with Gasteiger partial charge < -0.3 is 20.3 Å². The molecular formula is C22H25N3O3. The number of ether oxygens (including phenoxy) is 1. The first-order valence-corrected chi connectivity index (χ1v) is 9.63. The molecule has 1 atom stereocenters. The monoisotopic (exact) mass is 379 g/mol. The zero-order valence-electron chi connectivity index (χ0n) is 16.3. The molecule has 2 aromatic rings. The van der Waals surface area contributed by atoms with Gasteiger partial charge in [0, 0.05) is 30.9 Å². The van der Waals surface area contributed by atoms with E-state index in [1.807, 2.05) is 48.2 Å². The summed E-state index contributed by atoms with van der Waals surface area (Å²) >= 11 is 0. The van der Waals surface area contributed by atoms with Gasteiger partial charge in [0.2, 0.25) is 11.8 Å². The minimum Gasteiger partial charge on any atom is -0.495 e. The van der Waals surface area contributed by atoms with Crippen molar-refractivity contribution in [2.75, 3.05) is 35.7 Å². The molecule has 0 saturated carbocycles. The zero-order chi connectivity index (χ0) is 19.8. The van der Waals surface area contributed by atoms with Gasteiger partial charge in [0.15, 0.2) is 0 Å². The lowest BCUT2D eigenvalue weighted by Crippen LogP contribution is -2.40. The lowest BCUT2D eigenvalue weighted by atomic mass is 9.97. The van der Waals surface area contributed by atoms with E-state index in [0.29, 0.717) is 18.8 Å². The molecule has 2 amide bonds. The predicted molar refractivity (Wildman–Crippen MR) is 110 cm³/mol. The summed E-state index contributed by atoms with van der Waals surface area (Å²) in [5, 5.41) is 0. The molecule has 0 aromatic heterocycles. The van der Waals surface area contributed by atoms with Gasteiger partial charge in [-0.1, -0.05) is 12.1 Å². The highest BCUT2D eigenvalue weighted by Crippen LogP contribution is 2.37. The molecule has 0 spiro atoms. The highest BCUT2D eigenvalue weighted by Gasteiger charge is 2.39. The maximum absolute atomic E-state index is 13.3. The summed E-state index contributed by atoms with van der Waals surface area (Å²) < 4.78 is 5.43. The number of aryl methyl sites for hydroxylation is 1. The van der Waals surface area contributed by atoms with Crippen LogP contribution in [0.15, 0.2) is 36.4 Å². The van der Waals surface area contributed by atoms with Crippen molar-refractivity contribution in [3.8, 4) is 5.75 Å². The van der Waals surface area contributed by atoms with Crippen LogP contribution < -0.4 is 20.3 Å². The number of carbonyl (C=O) groups excluding carboxylic acids is 2. The second-order valence-corrected chi connectivity index (χ2v) is 7.52. The maximum Gasteiger partial charge on any atom is 0.232 e. The van der Waals surface area contributed by atoms with Gasteiger partial charge in [0.1, 0.15) is 5.75 Å². The van der Waals surface area contributed by atoms with E-state index in [0.717, 1.165) is 41.0 Å². The van der Waals surface area contributed by atoms with Crippen molar-refractivity contribution in [1.29, 1.82) is 0 Å². The van der Waals surface area contributed by atoms with Gasteiger partial charge in [-0.15, -0.1) is 0 Å². The van der Waals surface area contributed by atoms with Crippen molar-refractivity contribution in [2.45, 2.75) is 26.2 Å². The lowest BCUT2D eigenvalue weighted by Gasteiger charge is -2.32. The molecule has 2 N–H and O–H groups in total. The largest absolute Gasteiger partial charge is 0.495 e. The Labute approximate surface area is 164 Å². The van der Waals surface area contributed by atoms with Crippen LogP contribution in [0.25, 0.3) is 0 Å². The molecule has 1 unspecified atom stereocenters. The first-order valence-electron chi connectivity index (χ1n) is 9.63. The number of amides is 2. The molecule has 6 nitrogen and oxygen atoms in total. The molecule has 2 aliphatic heterocycles. The van der Waals surface area contributed by atoms with E-state index in [4.69, 9.17) is 10.5 Å². The number of hydrogen-bond acceptors (Lipinski definition) is 4. The molecule has 2 heterocycles. The van der Waals surface area contributed by atoms with Crippen LogP contribution in [0.2, 0.25) is 0 Å². The molecule has 2 aliphatic rings. The van der Waals surface area contributed by atoms with Gasteiger partial charge in [0.05, 0.1) is 18.7 Å². The Morgan fingerprint density at radius 1 is 1.21 bits per heavy atom.